The number of aliphatic hydroxyl groups excluding tert-OH is 2. The van der Waals surface area contributed by atoms with Gasteiger partial charge in [-0.3, -0.25) is 4.79 Å². The van der Waals surface area contributed by atoms with E-state index in [1.165, 1.54) is 19.3 Å². The molecule has 1 saturated carbocycles. The number of hydrogen-bond acceptors (Lipinski definition) is 4. The summed E-state index contributed by atoms with van der Waals surface area (Å²) in [6, 6.07) is 0. The highest BCUT2D eigenvalue weighted by Crippen LogP contribution is 2.47. The zero-order valence-electron chi connectivity index (χ0n) is 14.8. The summed E-state index contributed by atoms with van der Waals surface area (Å²) in [6.07, 6.45) is 14.9. The molecule has 1 saturated heterocycles. The molecule has 2 fully saturated rings. The van der Waals surface area contributed by atoms with Gasteiger partial charge in [0.15, 0.2) is 0 Å². The summed E-state index contributed by atoms with van der Waals surface area (Å²) in [5.74, 6) is 0.335. The number of ether oxygens (including phenoxy) is 1. The lowest BCUT2D eigenvalue weighted by Gasteiger charge is -2.22. The van der Waals surface area contributed by atoms with Gasteiger partial charge < -0.3 is 14.9 Å². The Labute approximate surface area is 145 Å². The molecule has 1 aliphatic heterocycles. The third-order valence-electron chi connectivity index (χ3n) is 5.01. The van der Waals surface area contributed by atoms with Crippen LogP contribution in [0, 0.1) is 11.8 Å². The molecule has 2 N–H and O–H groups in total. The summed E-state index contributed by atoms with van der Waals surface area (Å²) in [5, 5.41) is 20.2. The van der Waals surface area contributed by atoms with Gasteiger partial charge in [-0.25, -0.2) is 0 Å². The van der Waals surface area contributed by atoms with Crippen LogP contribution in [0.25, 0.3) is 0 Å². The molecule has 0 amide bonds. The maximum Gasteiger partial charge on any atom is 0.306 e. The van der Waals surface area contributed by atoms with E-state index in [0.29, 0.717) is 12.8 Å². The molecule has 2 aliphatic rings. The van der Waals surface area contributed by atoms with Gasteiger partial charge in [0.1, 0.15) is 6.10 Å². The molecular formula is C20H32O4. The standard InChI is InChI=1S/C20H32O4/c1-2-3-4-5-6-7-9-15(21)12-13-18(22)16-14-17(16)19-10-8-11-20(23)24-19/h6-7,12-13,15-19,21-22H,2-5,8-11,14H2,1H3/b7-6-,13-12+/t15-,16-,17-,18+,19+/m0/s1. The predicted octanol–water partition coefficient (Wildman–Crippen LogP) is 3.52. The van der Waals surface area contributed by atoms with Crippen LogP contribution in [0.4, 0.5) is 0 Å². The number of hydrogen-bond donors (Lipinski definition) is 2. The van der Waals surface area contributed by atoms with Crippen LogP contribution < -0.4 is 0 Å². The Kier molecular flexibility index (Phi) is 8.00. The van der Waals surface area contributed by atoms with Gasteiger partial charge in [0.25, 0.3) is 0 Å². The van der Waals surface area contributed by atoms with Crippen LogP contribution in [0.1, 0.15) is 64.7 Å². The zero-order chi connectivity index (χ0) is 17.4. The fraction of sp³-hybridized carbons (Fsp3) is 0.750. The van der Waals surface area contributed by atoms with Gasteiger partial charge in [-0.1, -0.05) is 44.1 Å². The van der Waals surface area contributed by atoms with E-state index in [1.54, 1.807) is 12.2 Å². The van der Waals surface area contributed by atoms with Crippen LogP contribution in [0.2, 0.25) is 0 Å². The Hall–Kier alpha value is -1.13. The predicted molar refractivity (Wildman–Crippen MR) is 94.4 cm³/mol. The van der Waals surface area contributed by atoms with Gasteiger partial charge in [-0.2, -0.15) is 0 Å². The Morgan fingerprint density at radius 3 is 2.83 bits per heavy atom. The Morgan fingerprint density at radius 2 is 2.08 bits per heavy atom. The minimum atomic E-state index is -0.557. The summed E-state index contributed by atoms with van der Waals surface area (Å²) in [5.41, 5.74) is 0. The van der Waals surface area contributed by atoms with Crippen molar-refractivity contribution in [1.82, 2.24) is 0 Å². The van der Waals surface area contributed by atoms with E-state index in [0.717, 1.165) is 25.7 Å². The normalized spacial score (nSPS) is 29.8. The fourth-order valence-electron chi connectivity index (χ4n) is 3.42. The van der Waals surface area contributed by atoms with Crippen molar-refractivity contribution in [3.8, 4) is 0 Å². The first-order valence-electron chi connectivity index (χ1n) is 9.50. The van der Waals surface area contributed by atoms with Crippen molar-refractivity contribution in [3.05, 3.63) is 24.3 Å². The quantitative estimate of drug-likeness (QED) is 0.364. The van der Waals surface area contributed by atoms with Crippen LogP contribution >= 0.6 is 0 Å². The SMILES string of the molecule is CCCCC/C=C\C[C@H](O)/C=C/[C@@H](O)[C@H]1C[C@@H]1[C@H]1CCCC(=O)O1. The molecule has 0 bridgehead atoms. The molecule has 0 radical (unpaired) electrons. The van der Waals surface area contributed by atoms with E-state index in [2.05, 4.69) is 13.0 Å². The second-order valence-electron chi connectivity index (χ2n) is 7.13. The lowest BCUT2D eigenvalue weighted by atomic mass is 10.0. The van der Waals surface area contributed by atoms with Gasteiger partial charge in [0, 0.05) is 12.3 Å². The largest absolute Gasteiger partial charge is 0.462 e. The van der Waals surface area contributed by atoms with Crippen molar-refractivity contribution in [2.75, 3.05) is 0 Å². The molecule has 24 heavy (non-hydrogen) atoms. The molecule has 1 heterocycles. The van der Waals surface area contributed by atoms with Gasteiger partial charge in [-0.15, -0.1) is 0 Å². The molecule has 4 nitrogen and oxygen atoms in total. The summed E-state index contributed by atoms with van der Waals surface area (Å²) in [4.78, 5) is 11.3. The average molecular weight is 336 g/mol. The summed E-state index contributed by atoms with van der Waals surface area (Å²) in [7, 11) is 0. The van der Waals surface area contributed by atoms with Crippen LogP contribution in [-0.4, -0.2) is 34.5 Å². The fourth-order valence-corrected chi connectivity index (χ4v) is 3.42. The van der Waals surface area contributed by atoms with Crippen LogP contribution in [0.5, 0.6) is 0 Å². The molecule has 2 rings (SSSR count). The summed E-state index contributed by atoms with van der Waals surface area (Å²) < 4.78 is 5.38. The lowest BCUT2D eigenvalue weighted by Crippen LogP contribution is -2.27. The lowest BCUT2D eigenvalue weighted by molar-refractivity contribution is -0.155. The van der Waals surface area contributed by atoms with E-state index in [-0.39, 0.29) is 23.9 Å². The molecule has 0 spiro atoms. The maximum absolute atomic E-state index is 11.3. The van der Waals surface area contributed by atoms with Gasteiger partial charge in [-0.05, 0) is 44.4 Å². The van der Waals surface area contributed by atoms with Crippen molar-refractivity contribution in [1.29, 1.82) is 0 Å². The summed E-state index contributed by atoms with van der Waals surface area (Å²) >= 11 is 0. The van der Waals surface area contributed by atoms with E-state index in [1.807, 2.05) is 6.08 Å². The molecular weight excluding hydrogens is 304 g/mol. The molecule has 1 aliphatic carbocycles. The van der Waals surface area contributed by atoms with Crippen molar-refractivity contribution in [2.45, 2.75) is 83.0 Å². The van der Waals surface area contributed by atoms with Crippen molar-refractivity contribution < 1.29 is 19.7 Å². The number of rotatable bonds is 10. The molecule has 4 heteroatoms. The van der Waals surface area contributed by atoms with Gasteiger partial charge in [0.2, 0.25) is 0 Å². The minimum Gasteiger partial charge on any atom is -0.462 e. The van der Waals surface area contributed by atoms with E-state index < -0.39 is 12.2 Å². The highest BCUT2D eigenvalue weighted by Gasteiger charge is 2.48. The van der Waals surface area contributed by atoms with Crippen LogP contribution in [0.15, 0.2) is 24.3 Å². The number of allylic oxidation sites excluding steroid dienone is 1. The topological polar surface area (TPSA) is 66.8 Å². The first kappa shape index (κ1) is 19.2. The molecule has 136 valence electrons. The van der Waals surface area contributed by atoms with Crippen molar-refractivity contribution >= 4 is 5.97 Å². The first-order chi connectivity index (χ1) is 11.6. The third kappa shape index (κ3) is 6.40. The van der Waals surface area contributed by atoms with E-state index >= 15 is 0 Å². The molecule has 0 unspecified atom stereocenters. The van der Waals surface area contributed by atoms with Gasteiger partial charge >= 0.3 is 5.97 Å². The number of cyclic esters (lactones) is 1. The second-order valence-corrected chi connectivity index (χ2v) is 7.13. The van der Waals surface area contributed by atoms with E-state index in [9.17, 15) is 15.0 Å². The Balaban J connectivity index is 1.64. The van der Waals surface area contributed by atoms with E-state index in [4.69, 9.17) is 4.74 Å². The monoisotopic (exact) mass is 336 g/mol. The van der Waals surface area contributed by atoms with Crippen molar-refractivity contribution in [2.24, 2.45) is 11.8 Å². The Bertz CT molecular complexity index is 443. The molecule has 0 aromatic heterocycles. The Morgan fingerprint density at radius 1 is 1.25 bits per heavy atom. The number of aliphatic hydroxyl groups is 2. The van der Waals surface area contributed by atoms with Crippen LogP contribution in [0.3, 0.4) is 0 Å². The first-order valence-corrected chi connectivity index (χ1v) is 9.50. The van der Waals surface area contributed by atoms with Gasteiger partial charge in [0.05, 0.1) is 12.2 Å². The molecule has 0 aromatic rings. The molecule has 0 aromatic carbocycles. The highest BCUT2D eigenvalue weighted by atomic mass is 16.5. The molecule has 5 atom stereocenters. The maximum atomic E-state index is 11.3. The zero-order valence-corrected chi connectivity index (χ0v) is 14.8. The summed E-state index contributed by atoms with van der Waals surface area (Å²) in [6.45, 7) is 2.19. The minimum absolute atomic E-state index is 0.0183. The second kappa shape index (κ2) is 10.00. The number of unbranched alkanes of at least 4 members (excludes halogenated alkanes) is 3. The third-order valence-corrected chi connectivity index (χ3v) is 5.01. The average Bonchev–Trinajstić information content (AvgIpc) is 3.36. The van der Waals surface area contributed by atoms with Crippen molar-refractivity contribution in [3.63, 3.8) is 0 Å². The number of esters is 1. The van der Waals surface area contributed by atoms with Crippen LogP contribution in [-0.2, 0) is 9.53 Å². The smallest absolute Gasteiger partial charge is 0.306 e. The number of carbonyl (C=O) groups is 1. The highest BCUT2D eigenvalue weighted by molar-refractivity contribution is 5.70. The number of carbonyl (C=O) groups excluding carboxylic acids is 1.